The third-order valence-corrected chi connectivity index (χ3v) is 5.17. The Morgan fingerprint density at radius 3 is 2.69 bits per heavy atom. The molecule has 0 atom stereocenters. The minimum absolute atomic E-state index is 0.253. The van der Waals surface area contributed by atoms with Crippen LogP contribution < -0.4 is 10.3 Å². The van der Waals surface area contributed by atoms with Crippen LogP contribution >= 0.6 is 0 Å². The highest BCUT2D eigenvalue weighted by atomic mass is 16.5. The number of anilines is 1. The van der Waals surface area contributed by atoms with Gasteiger partial charge in [0.15, 0.2) is 0 Å². The fourth-order valence-electron chi connectivity index (χ4n) is 3.61. The molecule has 2 heterocycles. The maximum Gasteiger partial charge on any atom is 0.271 e. The number of amides is 1. The van der Waals surface area contributed by atoms with E-state index >= 15 is 0 Å². The normalized spacial score (nSPS) is 14.6. The van der Waals surface area contributed by atoms with Crippen LogP contribution in [0.25, 0.3) is 11.0 Å². The van der Waals surface area contributed by atoms with Gasteiger partial charge in [0.1, 0.15) is 5.82 Å². The number of nitrogens with zero attached hydrogens (tertiary/aromatic N) is 4. The molecule has 1 aromatic heterocycles. The standard InChI is InChI=1S/C22H25N5O2/c1-3-27-16(2)24-20-14-18(6-9-21(20)27)22(28)25-23-15-17-4-7-19(8-5-17)26-10-12-29-13-11-26/h4-9,14-15H,3,10-13H2,1-2H3,(H,25,28)/b23-15+. The number of fused-ring (bicyclic) bond motifs is 1. The summed E-state index contributed by atoms with van der Waals surface area (Å²) in [6.07, 6.45) is 1.65. The fourth-order valence-corrected chi connectivity index (χ4v) is 3.61. The van der Waals surface area contributed by atoms with E-state index in [0.717, 1.165) is 55.3 Å². The van der Waals surface area contributed by atoms with E-state index in [4.69, 9.17) is 4.74 Å². The van der Waals surface area contributed by atoms with E-state index in [-0.39, 0.29) is 5.91 Å². The minimum Gasteiger partial charge on any atom is -0.378 e. The van der Waals surface area contributed by atoms with Gasteiger partial charge >= 0.3 is 0 Å². The van der Waals surface area contributed by atoms with E-state index in [1.807, 2.05) is 25.1 Å². The molecule has 1 aliphatic heterocycles. The number of benzene rings is 2. The van der Waals surface area contributed by atoms with Gasteiger partial charge in [-0.25, -0.2) is 10.4 Å². The molecule has 4 rings (SSSR count). The third-order valence-electron chi connectivity index (χ3n) is 5.17. The monoisotopic (exact) mass is 391 g/mol. The summed E-state index contributed by atoms with van der Waals surface area (Å²) in [6.45, 7) is 8.24. The number of aryl methyl sites for hydroxylation is 2. The molecule has 3 aromatic rings. The van der Waals surface area contributed by atoms with E-state index in [0.29, 0.717) is 5.56 Å². The van der Waals surface area contributed by atoms with Crippen LogP contribution in [-0.2, 0) is 11.3 Å². The summed E-state index contributed by atoms with van der Waals surface area (Å²) in [5.74, 6) is 0.690. The third kappa shape index (κ3) is 4.14. The van der Waals surface area contributed by atoms with Crippen molar-refractivity contribution >= 4 is 28.8 Å². The van der Waals surface area contributed by atoms with Crippen molar-refractivity contribution in [3.8, 4) is 0 Å². The molecule has 1 fully saturated rings. The second-order valence-corrected chi connectivity index (χ2v) is 7.00. The average molecular weight is 391 g/mol. The van der Waals surface area contributed by atoms with Gasteiger partial charge in [-0.05, 0) is 49.7 Å². The Kier molecular flexibility index (Phi) is 5.57. The number of ether oxygens (including phenoxy) is 1. The topological polar surface area (TPSA) is 71.8 Å². The van der Waals surface area contributed by atoms with Crippen molar-refractivity contribution in [1.82, 2.24) is 15.0 Å². The van der Waals surface area contributed by atoms with Crippen LogP contribution in [0, 0.1) is 6.92 Å². The lowest BCUT2D eigenvalue weighted by Crippen LogP contribution is -2.36. The minimum atomic E-state index is -0.253. The molecule has 1 aliphatic rings. The summed E-state index contributed by atoms with van der Waals surface area (Å²) in [7, 11) is 0. The molecule has 29 heavy (non-hydrogen) atoms. The van der Waals surface area contributed by atoms with Gasteiger partial charge in [0.2, 0.25) is 0 Å². The second-order valence-electron chi connectivity index (χ2n) is 7.00. The van der Waals surface area contributed by atoms with Crippen molar-refractivity contribution in [1.29, 1.82) is 0 Å². The quantitative estimate of drug-likeness (QED) is 0.536. The molecular weight excluding hydrogens is 366 g/mol. The van der Waals surface area contributed by atoms with Gasteiger partial charge in [-0.2, -0.15) is 5.10 Å². The second kappa shape index (κ2) is 8.45. The van der Waals surface area contributed by atoms with Crippen molar-refractivity contribution in [2.24, 2.45) is 5.10 Å². The molecule has 7 heteroatoms. The predicted octanol–water partition coefficient (Wildman–Crippen LogP) is 2.97. The number of hydrogen-bond acceptors (Lipinski definition) is 5. The number of hydrazone groups is 1. The number of morpholine rings is 1. The number of aromatic nitrogens is 2. The van der Waals surface area contributed by atoms with Crippen molar-refractivity contribution in [2.45, 2.75) is 20.4 Å². The number of hydrogen-bond donors (Lipinski definition) is 1. The zero-order chi connectivity index (χ0) is 20.2. The van der Waals surface area contributed by atoms with E-state index in [2.05, 4.69) is 44.0 Å². The van der Waals surface area contributed by atoms with Gasteiger partial charge in [-0.15, -0.1) is 0 Å². The Bertz CT molecular complexity index is 1030. The Balaban J connectivity index is 1.40. The van der Waals surface area contributed by atoms with Crippen LogP contribution in [0.2, 0.25) is 0 Å². The van der Waals surface area contributed by atoms with Gasteiger partial charge in [-0.3, -0.25) is 4.79 Å². The van der Waals surface area contributed by atoms with Gasteiger partial charge in [0, 0.05) is 30.9 Å². The lowest BCUT2D eigenvalue weighted by atomic mass is 10.2. The molecule has 150 valence electrons. The lowest BCUT2D eigenvalue weighted by molar-refractivity contribution is 0.0955. The number of rotatable bonds is 5. The predicted molar refractivity (Wildman–Crippen MR) is 115 cm³/mol. The van der Waals surface area contributed by atoms with Crippen LogP contribution in [-0.4, -0.2) is 48.0 Å². The fraction of sp³-hybridized carbons (Fsp3) is 0.318. The number of carbonyl (C=O) groups excluding carboxylic acids is 1. The zero-order valence-corrected chi connectivity index (χ0v) is 16.8. The summed E-state index contributed by atoms with van der Waals surface area (Å²) in [5.41, 5.74) is 7.08. The van der Waals surface area contributed by atoms with Crippen LogP contribution in [0.15, 0.2) is 47.6 Å². The molecule has 0 unspecified atom stereocenters. The Hall–Kier alpha value is -3.19. The number of carbonyl (C=O) groups is 1. The van der Waals surface area contributed by atoms with Gasteiger partial charge in [0.05, 0.1) is 30.5 Å². The van der Waals surface area contributed by atoms with Crippen LogP contribution in [0.1, 0.15) is 28.7 Å². The summed E-state index contributed by atoms with van der Waals surface area (Å²) in [4.78, 5) is 19.3. The zero-order valence-electron chi connectivity index (χ0n) is 16.8. The van der Waals surface area contributed by atoms with Crippen LogP contribution in [0.3, 0.4) is 0 Å². The van der Waals surface area contributed by atoms with Crippen molar-refractivity contribution in [3.63, 3.8) is 0 Å². The maximum atomic E-state index is 12.4. The lowest BCUT2D eigenvalue weighted by Gasteiger charge is -2.28. The molecule has 1 N–H and O–H groups in total. The Morgan fingerprint density at radius 2 is 1.97 bits per heavy atom. The molecule has 0 spiro atoms. The molecule has 0 bridgehead atoms. The summed E-state index contributed by atoms with van der Waals surface area (Å²) < 4.78 is 7.51. The molecule has 1 saturated heterocycles. The smallest absolute Gasteiger partial charge is 0.271 e. The summed E-state index contributed by atoms with van der Waals surface area (Å²) in [6, 6.07) is 13.7. The van der Waals surface area contributed by atoms with Crippen molar-refractivity contribution < 1.29 is 9.53 Å². The Labute approximate surface area is 170 Å². The first-order valence-electron chi connectivity index (χ1n) is 9.89. The highest BCUT2D eigenvalue weighted by Crippen LogP contribution is 2.18. The van der Waals surface area contributed by atoms with Gasteiger partial charge in [-0.1, -0.05) is 12.1 Å². The average Bonchev–Trinajstić information content (AvgIpc) is 3.08. The van der Waals surface area contributed by atoms with E-state index in [1.165, 1.54) is 5.69 Å². The molecule has 1 amide bonds. The molecule has 2 aromatic carbocycles. The van der Waals surface area contributed by atoms with E-state index in [1.54, 1.807) is 18.3 Å². The first kappa shape index (κ1) is 19.1. The highest BCUT2D eigenvalue weighted by Gasteiger charge is 2.11. The van der Waals surface area contributed by atoms with Crippen LogP contribution in [0.5, 0.6) is 0 Å². The largest absolute Gasteiger partial charge is 0.378 e. The summed E-state index contributed by atoms with van der Waals surface area (Å²) >= 11 is 0. The van der Waals surface area contributed by atoms with E-state index < -0.39 is 0 Å². The molecule has 0 aliphatic carbocycles. The number of nitrogens with one attached hydrogen (secondary N) is 1. The van der Waals surface area contributed by atoms with E-state index in [9.17, 15) is 4.79 Å². The number of imidazole rings is 1. The SMILES string of the molecule is CCn1c(C)nc2cc(C(=O)N/N=C/c3ccc(N4CCOCC4)cc3)ccc21. The Morgan fingerprint density at radius 1 is 1.21 bits per heavy atom. The molecular formula is C22H25N5O2. The first-order valence-corrected chi connectivity index (χ1v) is 9.89. The first-order chi connectivity index (χ1) is 14.2. The van der Waals surface area contributed by atoms with Gasteiger partial charge in [0.25, 0.3) is 5.91 Å². The molecule has 0 saturated carbocycles. The highest BCUT2D eigenvalue weighted by molar-refractivity contribution is 5.98. The van der Waals surface area contributed by atoms with Crippen LogP contribution in [0.4, 0.5) is 5.69 Å². The maximum absolute atomic E-state index is 12.4. The van der Waals surface area contributed by atoms with Crippen molar-refractivity contribution in [3.05, 3.63) is 59.4 Å². The molecule has 0 radical (unpaired) electrons. The molecule has 7 nitrogen and oxygen atoms in total. The summed E-state index contributed by atoms with van der Waals surface area (Å²) in [5, 5.41) is 4.10. The van der Waals surface area contributed by atoms with Crippen molar-refractivity contribution in [2.75, 3.05) is 31.2 Å². The van der Waals surface area contributed by atoms with Gasteiger partial charge < -0.3 is 14.2 Å².